The monoisotopic (exact) mass is 367 g/mol. The van der Waals surface area contributed by atoms with E-state index in [4.69, 9.17) is 24.4 Å². The van der Waals surface area contributed by atoms with Gasteiger partial charge < -0.3 is 55.6 Å². The summed E-state index contributed by atoms with van der Waals surface area (Å²) in [5.74, 6) is -5.98. The second-order valence-electron chi connectivity index (χ2n) is 2.91. The molecule has 15 heteroatoms. The van der Waals surface area contributed by atoms with Crippen LogP contribution in [0.4, 0.5) is 0 Å². The zero-order valence-electron chi connectivity index (χ0n) is 10.6. The zero-order valence-corrected chi connectivity index (χ0v) is 15.1. The van der Waals surface area contributed by atoms with Gasteiger partial charge in [-0.2, -0.15) is 0 Å². The number of hydrogen-bond donors (Lipinski definition) is 4. The molecule has 0 saturated heterocycles. The first-order valence-corrected chi connectivity index (χ1v) is 5.41. The van der Waals surface area contributed by atoms with Gasteiger partial charge in [-0.1, -0.05) is 0 Å². The Balaban J connectivity index is -0.0000000933. The Morgan fingerprint density at radius 2 is 1.19 bits per heavy atom. The SMILES string of the molecule is N.O=C([O-])CC(O)(CC(=O)[O-])C(=O)[O-].O=P([O-])(O)O.[Ca+2].[Mg+2]. The largest absolute Gasteiger partial charge is 2.00 e. The van der Waals surface area contributed by atoms with Crippen LogP contribution in [0.25, 0.3) is 0 Å². The minimum atomic E-state index is -4.89. The van der Waals surface area contributed by atoms with Crippen LogP contribution in [0, 0.1) is 0 Å². The number of phosphoric acid groups is 1. The van der Waals surface area contributed by atoms with Gasteiger partial charge in [0.2, 0.25) is 0 Å². The van der Waals surface area contributed by atoms with Crippen molar-refractivity contribution in [1.82, 2.24) is 6.15 Å². The molecular weight excluding hydrogens is 357 g/mol. The Morgan fingerprint density at radius 3 is 1.29 bits per heavy atom. The van der Waals surface area contributed by atoms with E-state index < -0.39 is 44.2 Å². The first-order chi connectivity index (χ1) is 7.78. The standard InChI is InChI=1S/C6H8O7.Ca.Mg.H3N.H3O4P/c7-3(8)1-6(13,5(11)12)2-4(9)10;;;;1-5(2,3)4/h13H,1-2H2,(H,7,8)(H,9,10)(H,11,12);;;1H3;(H3,1,2,3,4)/q;2*+2;;/p-4. The molecule has 0 radical (unpaired) electrons. The van der Waals surface area contributed by atoms with Gasteiger partial charge >= 0.3 is 60.8 Å². The molecule has 6 N–H and O–H groups in total. The predicted octanol–water partition coefficient (Wildman–Crippen LogP) is -7.41. The number of aliphatic carboxylic acids is 3. The van der Waals surface area contributed by atoms with Crippen LogP contribution >= 0.6 is 7.82 Å². The third-order valence-corrected chi connectivity index (χ3v) is 1.25. The Kier molecular flexibility index (Phi) is 22.2. The molecule has 0 aliphatic rings. The number of rotatable bonds is 5. The van der Waals surface area contributed by atoms with Gasteiger partial charge in [0, 0.05) is 24.8 Å². The fourth-order valence-electron chi connectivity index (χ4n) is 0.684. The molecule has 0 aliphatic heterocycles. The Morgan fingerprint density at radius 1 is 1.00 bits per heavy atom. The normalized spacial score (nSPS) is 9.52. The minimum absolute atomic E-state index is 0. The predicted molar refractivity (Wildman–Crippen MR) is 57.8 cm³/mol. The Hall–Kier alpha value is 0.466. The number of carboxylic acid groups (broad SMARTS) is 3. The average molecular weight is 367 g/mol. The maximum absolute atomic E-state index is 10.1. The molecule has 0 aliphatic carbocycles. The summed E-state index contributed by atoms with van der Waals surface area (Å²) in [4.78, 5) is 52.9. The van der Waals surface area contributed by atoms with Crippen LogP contribution in [0.5, 0.6) is 0 Å². The summed E-state index contributed by atoms with van der Waals surface area (Å²) in [6, 6.07) is 0. The van der Waals surface area contributed by atoms with E-state index in [1.165, 1.54) is 0 Å². The molecule has 0 aromatic heterocycles. The molecular formula is C6H10CaMgNO11P. The van der Waals surface area contributed by atoms with E-state index in [2.05, 4.69) is 0 Å². The van der Waals surface area contributed by atoms with Gasteiger partial charge in [0.05, 0.1) is 5.97 Å². The van der Waals surface area contributed by atoms with Crippen LogP contribution in [0.2, 0.25) is 0 Å². The summed E-state index contributed by atoms with van der Waals surface area (Å²) in [5.41, 5.74) is -2.97. The molecule has 0 fully saturated rings. The molecule has 0 unspecified atom stereocenters. The van der Waals surface area contributed by atoms with Crippen molar-refractivity contribution in [3.63, 3.8) is 0 Å². The molecule has 0 atom stereocenters. The summed E-state index contributed by atoms with van der Waals surface area (Å²) in [6.45, 7) is 0. The van der Waals surface area contributed by atoms with Crippen molar-refractivity contribution in [1.29, 1.82) is 0 Å². The van der Waals surface area contributed by atoms with E-state index >= 15 is 0 Å². The topological polar surface area (TPSA) is 256 Å². The van der Waals surface area contributed by atoms with Gasteiger partial charge in [-0.15, -0.1) is 0 Å². The van der Waals surface area contributed by atoms with Gasteiger partial charge in [-0.05, 0) is 0 Å². The Labute approximate surface area is 164 Å². The zero-order chi connectivity index (χ0) is 15.1. The minimum Gasteiger partial charge on any atom is -0.756 e. The maximum atomic E-state index is 10.1. The molecule has 0 rings (SSSR count). The summed E-state index contributed by atoms with van der Waals surface area (Å²) < 4.78 is 8.77. The Bertz CT molecular complexity index is 361. The molecule has 0 aromatic rings. The van der Waals surface area contributed by atoms with Crippen molar-refractivity contribution in [2.75, 3.05) is 0 Å². The van der Waals surface area contributed by atoms with Gasteiger partial charge in [-0.3, -0.25) is 4.57 Å². The average Bonchev–Trinajstić information content (AvgIpc) is 1.95. The van der Waals surface area contributed by atoms with Crippen LogP contribution in [0.1, 0.15) is 12.8 Å². The molecule has 0 bridgehead atoms. The van der Waals surface area contributed by atoms with Crippen molar-refractivity contribution in [2.24, 2.45) is 0 Å². The van der Waals surface area contributed by atoms with Crippen LogP contribution in [-0.4, -0.2) is 99.2 Å². The number of hydrogen-bond acceptors (Lipinski definition) is 10. The summed E-state index contributed by atoms with van der Waals surface area (Å²) in [7, 11) is -4.89. The molecule has 21 heavy (non-hydrogen) atoms. The van der Waals surface area contributed by atoms with Gasteiger partial charge in [0.25, 0.3) is 7.82 Å². The molecule has 0 aromatic carbocycles. The fraction of sp³-hybridized carbons (Fsp3) is 0.500. The smallest absolute Gasteiger partial charge is 0.756 e. The van der Waals surface area contributed by atoms with Crippen LogP contribution in [0.15, 0.2) is 0 Å². The first kappa shape index (κ1) is 33.2. The fourth-order valence-corrected chi connectivity index (χ4v) is 0.684. The summed E-state index contributed by atoms with van der Waals surface area (Å²) >= 11 is 0. The maximum Gasteiger partial charge on any atom is 2.00 e. The van der Waals surface area contributed by atoms with Crippen LogP contribution < -0.4 is 26.4 Å². The van der Waals surface area contributed by atoms with E-state index in [0.29, 0.717) is 0 Å². The van der Waals surface area contributed by atoms with Gasteiger partial charge in [0.1, 0.15) is 5.60 Å². The van der Waals surface area contributed by atoms with E-state index in [9.17, 15) is 29.7 Å². The van der Waals surface area contributed by atoms with E-state index in [1.807, 2.05) is 0 Å². The molecule has 0 spiro atoms. The summed E-state index contributed by atoms with van der Waals surface area (Å²) in [6.07, 6.45) is -2.72. The number of carboxylic acids is 3. The van der Waals surface area contributed by atoms with Crippen molar-refractivity contribution in [3.05, 3.63) is 0 Å². The third-order valence-electron chi connectivity index (χ3n) is 1.25. The summed E-state index contributed by atoms with van der Waals surface area (Å²) in [5, 5.41) is 38.9. The van der Waals surface area contributed by atoms with E-state index in [1.54, 1.807) is 0 Å². The molecule has 0 heterocycles. The van der Waals surface area contributed by atoms with Crippen molar-refractivity contribution < 1.29 is 54.1 Å². The molecule has 0 amide bonds. The first-order valence-electron chi connectivity index (χ1n) is 3.88. The molecule has 0 saturated carbocycles. The number of aliphatic hydroxyl groups is 1. The van der Waals surface area contributed by atoms with Gasteiger partial charge in [-0.25, -0.2) is 0 Å². The van der Waals surface area contributed by atoms with Crippen LogP contribution in [0.3, 0.4) is 0 Å². The second-order valence-corrected chi connectivity index (χ2v) is 3.89. The number of carbonyl (C=O) groups is 3. The third kappa shape index (κ3) is 25.7. The van der Waals surface area contributed by atoms with Crippen LogP contribution in [-0.2, 0) is 18.9 Å². The second kappa shape index (κ2) is 14.1. The van der Waals surface area contributed by atoms with E-state index in [0.717, 1.165) is 0 Å². The molecule has 12 nitrogen and oxygen atoms in total. The van der Waals surface area contributed by atoms with Gasteiger partial charge in [0.15, 0.2) is 0 Å². The van der Waals surface area contributed by atoms with Crippen molar-refractivity contribution in [3.8, 4) is 0 Å². The van der Waals surface area contributed by atoms with Crippen molar-refractivity contribution in [2.45, 2.75) is 18.4 Å². The molecule has 114 valence electrons. The quantitative estimate of drug-likeness (QED) is 0.261. The van der Waals surface area contributed by atoms with E-state index in [-0.39, 0.29) is 66.9 Å². The number of carbonyl (C=O) groups excluding carboxylic acids is 3. The van der Waals surface area contributed by atoms with Crippen molar-refractivity contribution >= 4 is 86.5 Å².